The van der Waals surface area contributed by atoms with Gasteiger partial charge in [-0.25, -0.2) is 8.78 Å². The number of halogens is 2. The number of hydrogen-bond acceptors (Lipinski definition) is 2. The van der Waals surface area contributed by atoms with Gasteiger partial charge in [-0.2, -0.15) is 0 Å². The molecule has 0 saturated heterocycles. The van der Waals surface area contributed by atoms with Crippen LogP contribution in [0, 0.1) is 11.6 Å². The zero-order valence-corrected chi connectivity index (χ0v) is 12.3. The van der Waals surface area contributed by atoms with Crippen molar-refractivity contribution in [1.29, 1.82) is 0 Å². The summed E-state index contributed by atoms with van der Waals surface area (Å²) in [4.78, 5) is 13.3. The van der Waals surface area contributed by atoms with Crippen LogP contribution in [0.4, 0.5) is 8.78 Å². The molecule has 0 unspecified atom stereocenters. The predicted molar refractivity (Wildman–Crippen MR) is 79.4 cm³/mol. The number of hydrogen-bond donors (Lipinski definition) is 0. The maximum Gasteiger partial charge on any atom is 0.219 e. The average molecular weight is 305 g/mol. The van der Waals surface area contributed by atoms with Crippen molar-refractivity contribution in [2.24, 2.45) is 0 Å². The Morgan fingerprint density at radius 3 is 2.09 bits per heavy atom. The topological polar surface area (TPSA) is 29.5 Å². The fraction of sp³-hybridized carbons (Fsp3) is 0.235. The second-order valence-electron chi connectivity index (χ2n) is 4.87. The monoisotopic (exact) mass is 305 g/mol. The molecule has 0 spiro atoms. The van der Waals surface area contributed by atoms with Gasteiger partial charge in [0.05, 0.1) is 6.54 Å². The Kier molecular flexibility index (Phi) is 5.47. The van der Waals surface area contributed by atoms with Crippen LogP contribution in [0.1, 0.15) is 12.5 Å². The molecule has 0 saturated carbocycles. The highest BCUT2D eigenvalue weighted by molar-refractivity contribution is 5.73. The number of nitrogens with zero attached hydrogens (tertiary/aromatic N) is 1. The second-order valence-corrected chi connectivity index (χ2v) is 4.87. The van der Waals surface area contributed by atoms with Gasteiger partial charge in [0.15, 0.2) is 0 Å². The van der Waals surface area contributed by atoms with E-state index in [2.05, 4.69) is 0 Å². The maximum atomic E-state index is 12.9. The Morgan fingerprint density at radius 2 is 1.55 bits per heavy atom. The number of carbonyl (C=O) groups is 1. The van der Waals surface area contributed by atoms with Crippen LogP contribution in [0.15, 0.2) is 48.5 Å². The van der Waals surface area contributed by atoms with Gasteiger partial charge in [-0.3, -0.25) is 4.79 Å². The molecule has 0 atom stereocenters. The fourth-order valence-corrected chi connectivity index (χ4v) is 1.96. The van der Waals surface area contributed by atoms with Crippen LogP contribution in [0.2, 0.25) is 0 Å². The molecule has 0 aromatic heterocycles. The van der Waals surface area contributed by atoms with Crippen LogP contribution in [0.5, 0.6) is 5.75 Å². The van der Waals surface area contributed by atoms with E-state index in [-0.39, 0.29) is 17.5 Å². The van der Waals surface area contributed by atoms with Gasteiger partial charge in [0, 0.05) is 13.5 Å². The van der Waals surface area contributed by atoms with Crippen LogP contribution in [-0.2, 0) is 11.3 Å². The van der Waals surface area contributed by atoms with Crippen molar-refractivity contribution >= 4 is 5.91 Å². The van der Waals surface area contributed by atoms with Gasteiger partial charge in [-0.1, -0.05) is 12.1 Å². The Balaban J connectivity index is 1.87. The van der Waals surface area contributed by atoms with Gasteiger partial charge in [-0.05, 0) is 42.0 Å². The first-order valence-electron chi connectivity index (χ1n) is 6.93. The molecule has 0 radical (unpaired) electrons. The van der Waals surface area contributed by atoms with Crippen molar-refractivity contribution < 1.29 is 18.3 Å². The van der Waals surface area contributed by atoms with E-state index >= 15 is 0 Å². The first kappa shape index (κ1) is 15.9. The molecular formula is C17H17F2NO2. The molecule has 0 fully saturated rings. The lowest BCUT2D eigenvalue weighted by Gasteiger charge is -2.21. The van der Waals surface area contributed by atoms with E-state index in [1.54, 1.807) is 17.0 Å². The van der Waals surface area contributed by atoms with Gasteiger partial charge < -0.3 is 9.64 Å². The number of carbonyl (C=O) groups excluding carboxylic acids is 1. The smallest absolute Gasteiger partial charge is 0.219 e. The minimum atomic E-state index is -0.325. The Hall–Kier alpha value is -2.43. The maximum absolute atomic E-state index is 12.9. The van der Waals surface area contributed by atoms with Crippen molar-refractivity contribution in [3.8, 4) is 5.75 Å². The van der Waals surface area contributed by atoms with Crippen molar-refractivity contribution in [1.82, 2.24) is 4.90 Å². The molecule has 2 aromatic rings. The number of amides is 1. The molecule has 3 nitrogen and oxygen atoms in total. The van der Waals surface area contributed by atoms with E-state index in [0.29, 0.717) is 25.4 Å². The summed E-state index contributed by atoms with van der Waals surface area (Å²) in [6.07, 6.45) is 0. The van der Waals surface area contributed by atoms with Crippen molar-refractivity contribution in [2.45, 2.75) is 13.5 Å². The lowest BCUT2D eigenvalue weighted by atomic mass is 10.2. The Bertz CT molecular complexity index is 612. The second kappa shape index (κ2) is 7.54. The molecule has 5 heteroatoms. The quantitative estimate of drug-likeness (QED) is 0.818. The van der Waals surface area contributed by atoms with Gasteiger partial charge >= 0.3 is 0 Å². The van der Waals surface area contributed by atoms with E-state index in [1.165, 1.54) is 43.3 Å². The van der Waals surface area contributed by atoms with Crippen LogP contribution in [-0.4, -0.2) is 24.0 Å². The molecule has 0 bridgehead atoms. The number of benzene rings is 2. The summed E-state index contributed by atoms with van der Waals surface area (Å²) in [6, 6.07) is 11.7. The molecule has 2 aromatic carbocycles. The zero-order valence-electron chi connectivity index (χ0n) is 12.3. The van der Waals surface area contributed by atoms with Gasteiger partial charge in [0.2, 0.25) is 5.91 Å². The highest BCUT2D eigenvalue weighted by Crippen LogP contribution is 2.11. The largest absolute Gasteiger partial charge is 0.492 e. The van der Waals surface area contributed by atoms with E-state index in [1.807, 2.05) is 0 Å². The summed E-state index contributed by atoms with van der Waals surface area (Å²) >= 11 is 0. The lowest BCUT2D eigenvalue weighted by molar-refractivity contribution is -0.129. The van der Waals surface area contributed by atoms with Gasteiger partial charge in [0.1, 0.15) is 24.0 Å². The normalized spacial score (nSPS) is 10.3. The van der Waals surface area contributed by atoms with Gasteiger partial charge in [0.25, 0.3) is 0 Å². The van der Waals surface area contributed by atoms with Crippen LogP contribution >= 0.6 is 0 Å². The summed E-state index contributed by atoms with van der Waals surface area (Å²) in [6.45, 7) is 2.56. The van der Waals surface area contributed by atoms with Crippen molar-refractivity contribution in [2.75, 3.05) is 13.2 Å². The number of rotatable bonds is 6. The molecule has 0 aliphatic heterocycles. The first-order valence-corrected chi connectivity index (χ1v) is 6.93. The van der Waals surface area contributed by atoms with Crippen molar-refractivity contribution in [3.05, 3.63) is 65.7 Å². The third-order valence-electron chi connectivity index (χ3n) is 3.18. The molecular weight excluding hydrogens is 288 g/mol. The van der Waals surface area contributed by atoms with Crippen LogP contribution < -0.4 is 4.74 Å². The standard InChI is InChI=1S/C17H17F2NO2/c1-13(21)20(12-14-2-4-15(18)5-3-14)10-11-22-17-8-6-16(19)7-9-17/h2-9H,10-12H2,1H3. The van der Waals surface area contributed by atoms with Crippen LogP contribution in [0.3, 0.4) is 0 Å². The molecule has 0 aliphatic carbocycles. The minimum absolute atomic E-state index is 0.0907. The summed E-state index contributed by atoms with van der Waals surface area (Å²) in [7, 11) is 0. The van der Waals surface area contributed by atoms with E-state index in [0.717, 1.165) is 5.56 Å². The molecule has 1 amide bonds. The van der Waals surface area contributed by atoms with Crippen LogP contribution in [0.25, 0.3) is 0 Å². The third-order valence-corrected chi connectivity index (χ3v) is 3.18. The van der Waals surface area contributed by atoms with Crippen molar-refractivity contribution in [3.63, 3.8) is 0 Å². The van der Waals surface area contributed by atoms with E-state index < -0.39 is 0 Å². The fourth-order valence-electron chi connectivity index (χ4n) is 1.96. The predicted octanol–water partition coefficient (Wildman–Crippen LogP) is 3.39. The van der Waals surface area contributed by atoms with Gasteiger partial charge in [-0.15, -0.1) is 0 Å². The highest BCUT2D eigenvalue weighted by atomic mass is 19.1. The molecule has 0 aliphatic rings. The Morgan fingerprint density at radius 1 is 1.00 bits per heavy atom. The molecule has 0 N–H and O–H groups in total. The first-order chi connectivity index (χ1) is 10.5. The number of ether oxygens (including phenoxy) is 1. The average Bonchev–Trinajstić information content (AvgIpc) is 2.50. The van der Waals surface area contributed by atoms with E-state index in [9.17, 15) is 13.6 Å². The Labute approximate surface area is 128 Å². The van der Waals surface area contributed by atoms with E-state index in [4.69, 9.17) is 4.74 Å². The molecule has 22 heavy (non-hydrogen) atoms. The molecule has 0 heterocycles. The summed E-state index contributed by atoms with van der Waals surface area (Å²) in [5.41, 5.74) is 0.846. The highest BCUT2D eigenvalue weighted by Gasteiger charge is 2.09. The zero-order chi connectivity index (χ0) is 15.9. The summed E-state index contributed by atoms with van der Waals surface area (Å²) in [5, 5.41) is 0. The summed E-state index contributed by atoms with van der Waals surface area (Å²) < 4.78 is 31.1. The summed E-state index contributed by atoms with van der Waals surface area (Å²) in [5.74, 6) is -0.175. The SMILES string of the molecule is CC(=O)N(CCOc1ccc(F)cc1)Cc1ccc(F)cc1. The lowest BCUT2D eigenvalue weighted by Crippen LogP contribution is -2.32. The third kappa shape index (κ3) is 4.84. The minimum Gasteiger partial charge on any atom is -0.492 e. The molecule has 2 rings (SSSR count). The molecule has 116 valence electrons.